The highest BCUT2D eigenvalue weighted by Crippen LogP contribution is 2.39. The molecule has 6 fully saturated rings. The van der Waals surface area contributed by atoms with Crippen LogP contribution in [0.25, 0.3) is 0 Å². The first-order chi connectivity index (χ1) is 19.4. The Morgan fingerprint density at radius 2 is 0.525 bits per heavy atom. The molecule has 0 aromatic heterocycles. The molecule has 6 rings (SSSR count). The van der Waals surface area contributed by atoms with Gasteiger partial charge in [0, 0.05) is 39.8 Å². The molecule has 0 radical (unpaired) electrons. The molecule has 0 N–H and O–H groups in total. The molecule has 0 bridgehead atoms. The van der Waals surface area contributed by atoms with Crippen molar-refractivity contribution in [3.8, 4) is 0 Å². The van der Waals surface area contributed by atoms with E-state index in [1.54, 1.807) is 51.4 Å². The summed E-state index contributed by atoms with van der Waals surface area (Å²) >= 11 is 0. The molecule has 6 heteroatoms. The Bertz CT molecular complexity index is 658. The minimum absolute atomic E-state index is 0.0602. The van der Waals surface area contributed by atoms with Crippen molar-refractivity contribution in [1.82, 2.24) is 9.80 Å². The topological polar surface area (TPSA) is 74.8 Å². The fourth-order valence-electron chi connectivity index (χ4n) is 7.80. The molecule has 228 valence electrons. The first-order valence-electron chi connectivity index (χ1n) is 17.0. The van der Waals surface area contributed by atoms with E-state index in [9.17, 15) is 19.2 Å². The van der Waals surface area contributed by atoms with Gasteiger partial charge in [0.05, 0.1) is 0 Å². The lowest BCUT2D eigenvalue weighted by molar-refractivity contribution is -0.138. The fourth-order valence-corrected chi connectivity index (χ4v) is 7.80. The van der Waals surface area contributed by atoms with Crippen LogP contribution in [0.2, 0.25) is 0 Å². The summed E-state index contributed by atoms with van der Waals surface area (Å²) in [5.74, 6) is 4.31. The number of carbonyl (C=O) groups excluding carboxylic acids is 4. The number of nitrogens with zero attached hydrogens (tertiary/aromatic N) is 2. The number of hydrogen-bond acceptors (Lipinski definition) is 4. The predicted octanol–water partition coefficient (Wildman–Crippen LogP) is 7.82. The van der Waals surface area contributed by atoms with Crippen LogP contribution < -0.4 is 0 Å². The van der Waals surface area contributed by atoms with Crippen molar-refractivity contribution >= 4 is 23.6 Å². The third kappa shape index (κ3) is 10.9. The van der Waals surface area contributed by atoms with E-state index in [2.05, 4.69) is 0 Å². The highest BCUT2D eigenvalue weighted by molar-refractivity contribution is 6.02. The average Bonchev–Trinajstić information content (AvgIpc) is 3.49. The number of imide groups is 2. The second kappa shape index (κ2) is 18.0. The molecule has 0 atom stereocenters. The van der Waals surface area contributed by atoms with E-state index in [4.69, 9.17) is 0 Å². The van der Waals surface area contributed by atoms with Crippen LogP contribution in [0.5, 0.6) is 0 Å². The standard InChI is InChI=1S/2C12H22.2C5H7NO2/c2*1-3-7-11(8-4-1)12-9-5-2-6-10-12;2*1-6-4(7)2-3-5(6)8/h2*11-12H,1-10H2;2*2-3H2,1H3. The zero-order chi connectivity index (χ0) is 28.7. The molecule has 4 aliphatic carbocycles. The maximum absolute atomic E-state index is 10.5. The normalized spacial score (nSPS) is 25.6. The van der Waals surface area contributed by atoms with Crippen molar-refractivity contribution in [2.24, 2.45) is 23.7 Å². The minimum Gasteiger partial charge on any atom is -0.286 e. The van der Waals surface area contributed by atoms with E-state index < -0.39 is 0 Å². The van der Waals surface area contributed by atoms with Gasteiger partial charge in [-0.15, -0.1) is 0 Å². The van der Waals surface area contributed by atoms with Gasteiger partial charge in [0.25, 0.3) is 0 Å². The summed E-state index contributed by atoms with van der Waals surface area (Å²) in [6, 6.07) is 0. The summed E-state index contributed by atoms with van der Waals surface area (Å²) in [6.07, 6.45) is 32.4. The first-order valence-corrected chi connectivity index (χ1v) is 17.0. The second-order valence-corrected chi connectivity index (χ2v) is 13.3. The molecule has 0 aromatic rings. The van der Waals surface area contributed by atoms with Crippen LogP contribution in [-0.4, -0.2) is 47.5 Å². The lowest BCUT2D eigenvalue weighted by Gasteiger charge is -2.32. The third-order valence-corrected chi connectivity index (χ3v) is 10.5. The Morgan fingerprint density at radius 3 is 0.650 bits per heavy atom. The van der Waals surface area contributed by atoms with Crippen LogP contribution >= 0.6 is 0 Å². The van der Waals surface area contributed by atoms with Crippen LogP contribution in [-0.2, 0) is 19.2 Å². The zero-order valence-electron chi connectivity index (χ0n) is 25.8. The molecule has 2 saturated heterocycles. The molecule has 0 unspecified atom stereocenters. The first kappa shape index (κ1) is 32.8. The molecule has 2 heterocycles. The molecule has 0 spiro atoms. The maximum Gasteiger partial charge on any atom is 0.229 e. The van der Waals surface area contributed by atoms with E-state index >= 15 is 0 Å². The van der Waals surface area contributed by atoms with Gasteiger partial charge < -0.3 is 0 Å². The molecular weight excluding hydrogens is 500 g/mol. The van der Waals surface area contributed by atoms with Crippen molar-refractivity contribution in [3.63, 3.8) is 0 Å². The van der Waals surface area contributed by atoms with Crippen molar-refractivity contribution in [2.45, 2.75) is 154 Å². The van der Waals surface area contributed by atoms with Gasteiger partial charge in [-0.05, 0) is 23.7 Å². The zero-order valence-corrected chi connectivity index (χ0v) is 25.8. The number of likely N-dealkylation sites (tertiary alicyclic amines) is 2. The van der Waals surface area contributed by atoms with Crippen molar-refractivity contribution in [2.75, 3.05) is 14.1 Å². The lowest BCUT2D eigenvalue weighted by atomic mass is 9.73. The molecule has 6 aliphatic rings. The molecule has 6 nitrogen and oxygen atoms in total. The second-order valence-electron chi connectivity index (χ2n) is 13.3. The van der Waals surface area contributed by atoms with E-state index in [0.29, 0.717) is 25.7 Å². The average molecular weight is 559 g/mol. The van der Waals surface area contributed by atoms with Gasteiger partial charge in [-0.25, -0.2) is 0 Å². The molecule has 40 heavy (non-hydrogen) atoms. The Kier molecular flexibility index (Phi) is 14.7. The summed E-state index contributed by atoms with van der Waals surface area (Å²) in [7, 11) is 3.02. The summed E-state index contributed by atoms with van der Waals surface area (Å²) < 4.78 is 0. The molecular formula is C34H58N2O4. The minimum atomic E-state index is -0.0602. The Balaban J connectivity index is 0.000000150. The van der Waals surface area contributed by atoms with Crippen LogP contribution in [0.4, 0.5) is 0 Å². The van der Waals surface area contributed by atoms with E-state index in [0.717, 1.165) is 23.7 Å². The van der Waals surface area contributed by atoms with Gasteiger partial charge in [-0.1, -0.05) is 128 Å². The Labute approximate surface area is 244 Å². The van der Waals surface area contributed by atoms with Gasteiger partial charge >= 0.3 is 0 Å². The largest absolute Gasteiger partial charge is 0.286 e. The quantitative estimate of drug-likeness (QED) is 0.324. The molecule has 2 aliphatic heterocycles. The van der Waals surface area contributed by atoms with Gasteiger partial charge in [-0.3, -0.25) is 29.0 Å². The van der Waals surface area contributed by atoms with E-state index in [-0.39, 0.29) is 23.6 Å². The lowest BCUT2D eigenvalue weighted by Crippen LogP contribution is -2.23. The Morgan fingerprint density at radius 1 is 0.350 bits per heavy atom. The summed E-state index contributed by atoms with van der Waals surface area (Å²) in [6.45, 7) is 0. The van der Waals surface area contributed by atoms with E-state index in [1.807, 2.05) is 0 Å². The predicted molar refractivity (Wildman–Crippen MR) is 160 cm³/mol. The van der Waals surface area contributed by atoms with Gasteiger partial charge in [0.15, 0.2) is 0 Å². The molecule has 0 aromatic carbocycles. The Hall–Kier alpha value is -1.72. The van der Waals surface area contributed by atoms with Gasteiger partial charge in [-0.2, -0.15) is 0 Å². The number of hydrogen-bond donors (Lipinski definition) is 0. The summed E-state index contributed by atoms with van der Waals surface area (Å²) in [5.41, 5.74) is 0. The van der Waals surface area contributed by atoms with Crippen LogP contribution in [0.15, 0.2) is 0 Å². The van der Waals surface area contributed by atoms with Crippen molar-refractivity contribution in [1.29, 1.82) is 0 Å². The number of carbonyl (C=O) groups is 4. The summed E-state index contributed by atoms with van der Waals surface area (Å²) in [4.78, 5) is 44.3. The van der Waals surface area contributed by atoms with Crippen molar-refractivity contribution in [3.05, 3.63) is 0 Å². The SMILES string of the molecule is C1CCC(C2CCCCC2)CC1.C1CCC(C2CCCCC2)CC1.CN1C(=O)CCC1=O.CN1C(=O)CCC1=O. The highest BCUT2D eigenvalue weighted by Gasteiger charge is 2.26. The highest BCUT2D eigenvalue weighted by atomic mass is 16.2. The number of amides is 4. The summed E-state index contributed by atoms with van der Waals surface area (Å²) in [5, 5.41) is 0. The number of rotatable bonds is 2. The third-order valence-electron chi connectivity index (χ3n) is 10.5. The van der Waals surface area contributed by atoms with E-state index in [1.165, 1.54) is 101 Å². The maximum atomic E-state index is 10.5. The smallest absolute Gasteiger partial charge is 0.229 e. The molecule has 4 saturated carbocycles. The van der Waals surface area contributed by atoms with Crippen molar-refractivity contribution < 1.29 is 19.2 Å². The van der Waals surface area contributed by atoms with Crippen LogP contribution in [0.1, 0.15) is 154 Å². The monoisotopic (exact) mass is 558 g/mol. The fraction of sp³-hybridized carbons (Fsp3) is 0.882. The van der Waals surface area contributed by atoms with Crippen LogP contribution in [0.3, 0.4) is 0 Å². The van der Waals surface area contributed by atoms with Gasteiger partial charge in [0.2, 0.25) is 23.6 Å². The van der Waals surface area contributed by atoms with Gasteiger partial charge in [0.1, 0.15) is 0 Å². The molecule has 4 amide bonds. The van der Waals surface area contributed by atoms with Crippen LogP contribution in [0, 0.1) is 23.7 Å².